The van der Waals surface area contributed by atoms with Gasteiger partial charge in [0.05, 0.1) is 5.75 Å². The minimum Gasteiger partial charge on any atom is -0.330 e. The number of hydrogen-bond donors (Lipinski definition) is 2. The Bertz CT molecular complexity index is 363. The highest BCUT2D eigenvalue weighted by molar-refractivity contribution is 7.92. The highest BCUT2D eigenvalue weighted by Gasteiger charge is 2.09. The fourth-order valence-electron chi connectivity index (χ4n) is 0.907. The maximum absolute atomic E-state index is 11.4. The molecule has 0 atom stereocenters. The second-order valence-electron chi connectivity index (χ2n) is 2.78. The second kappa shape index (κ2) is 4.92. The third-order valence-corrected chi connectivity index (χ3v) is 2.89. The molecule has 0 bridgehead atoms. The number of sulfonamides is 1. The Morgan fingerprint density at radius 2 is 2.21 bits per heavy atom. The number of nitrogens with two attached hydrogens (primary N) is 1. The average molecular weight is 215 g/mol. The van der Waals surface area contributed by atoms with E-state index in [1.54, 1.807) is 18.2 Å². The Morgan fingerprint density at radius 1 is 1.43 bits per heavy atom. The molecule has 0 aromatic carbocycles. The molecule has 0 aliphatic carbocycles. The van der Waals surface area contributed by atoms with Gasteiger partial charge in [0, 0.05) is 6.20 Å². The SMILES string of the molecule is NCCCS(=O)(=O)Nc1ccccn1. The van der Waals surface area contributed by atoms with Gasteiger partial charge in [-0.3, -0.25) is 4.72 Å². The monoisotopic (exact) mass is 215 g/mol. The summed E-state index contributed by atoms with van der Waals surface area (Å²) in [6.07, 6.45) is 1.98. The normalized spacial score (nSPS) is 11.2. The van der Waals surface area contributed by atoms with Crippen LogP contribution in [0.25, 0.3) is 0 Å². The van der Waals surface area contributed by atoms with Crippen molar-refractivity contribution in [1.29, 1.82) is 0 Å². The molecule has 3 N–H and O–H groups in total. The van der Waals surface area contributed by atoms with E-state index in [1.165, 1.54) is 6.20 Å². The molecule has 0 aliphatic rings. The Hall–Kier alpha value is -1.14. The first kappa shape index (κ1) is 10.9. The van der Waals surface area contributed by atoms with Crippen molar-refractivity contribution in [3.05, 3.63) is 24.4 Å². The summed E-state index contributed by atoms with van der Waals surface area (Å²) in [5, 5.41) is 0. The van der Waals surface area contributed by atoms with Crippen molar-refractivity contribution in [3.63, 3.8) is 0 Å². The number of nitrogens with one attached hydrogen (secondary N) is 1. The summed E-state index contributed by atoms with van der Waals surface area (Å²) >= 11 is 0. The van der Waals surface area contributed by atoms with Crippen LogP contribution in [0.5, 0.6) is 0 Å². The van der Waals surface area contributed by atoms with E-state index >= 15 is 0 Å². The van der Waals surface area contributed by atoms with Gasteiger partial charge in [-0.1, -0.05) is 6.07 Å². The quantitative estimate of drug-likeness (QED) is 0.733. The first-order valence-corrected chi connectivity index (χ1v) is 5.91. The molecule has 5 nitrogen and oxygen atoms in total. The van der Waals surface area contributed by atoms with Crippen molar-refractivity contribution in [1.82, 2.24) is 4.98 Å². The molecule has 0 radical (unpaired) electrons. The molecule has 0 saturated carbocycles. The third kappa shape index (κ3) is 3.71. The molecule has 0 unspecified atom stereocenters. The first-order chi connectivity index (χ1) is 6.64. The van der Waals surface area contributed by atoms with Gasteiger partial charge in [-0.15, -0.1) is 0 Å². The van der Waals surface area contributed by atoms with Crippen molar-refractivity contribution in [2.24, 2.45) is 5.73 Å². The summed E-state index contributed by atoms with van der Waals surface area (Å²) < 4.78 is 25.1. The zero-order chi connectivity index (χ0) is 10.4. The van der Waals surface area contributed by atoms with Gasteiger partial charge < -0.3 is 5.73 Å². The van der Waals surface area contributed by atoms with Crippen molar-refractivity contribution >= 4 is 15.8 Å². The van der Waals surface area contributed by atoms with Crippen molar-refractivity contribution in [2.45, 2.75) is 6.42 Å². The van der Waals surface area contributed by atoms with Crippen LogP contribution in [-0.2, 0) is 10.0 Å². The maximum Gasteiger partial charge on any atom is 0.233 e. The van der Waals surface area contributed by atoms with Gasteiger partial charge in [-0.05, 0) is 25.1 Å². The minimum atomic E-state index is -3.29. The number of aromatic nitrogens is 1. The Labute approximate surface area is 83.4 Å². The van der Waals surface area contributed by atoms with E-state index in [1.807, 2.05) is 0 Å². The largest absolute Gasteiger partial charge is 0.330 e. The number of hydrogen-bond acceptors (Lipinski definition) is 4. The van der Waals surface area contributed by atoms with Crippen LogP contribution in [-0.4, -0.2) is 25.7 Å². The van der Waals surface area contributed by atoms with Crippen molar-refractivity contribution in [3.8, 4) is 0 Å². The number of pyridine rings is 1. The summed E-state index contributed by atoms with van der Waals surface area (Å²) in [6, 6.07) is 5.03. The zero-order valence-corrected chi connectivity index (χ0v) is 8.50. The van der Waals surface area contributed by atoms with Gasteiger partial charge >= 0.3 is 0 Å². The maximum atomic E-state index is 11.4. The van der Waals surface area contributed by atoms with Crippen LogP contribution in [0.15, 0.2) is 24.4 Å². The first-order valence-electron chi connectivity index (χ1n) is 4.25. The van der Waals surface area contributed by atoms with E-state index in [0.717, 1.165) is 0 Å². The van der Waals surface area contributed by atoms with Crippen LogP contribution >= 0.6 is 0 Å². The van der Waals surface area contributed by atoms with E-state index < -0.39 is 10.0 Å². The van der Waals surface area contributed by atoms with Gasteiger partial charge in [0.25, 0.3) is 0 Å². The predicted molar refractivity (Wildman–Crippen MR) is 55.3 cm³/mol. The smallest absolute Gasteiger partial charge is 0.233 e. The molecule has 14 heavy (non-hydrogen) atoms. The van der Waals surface area contributed by atoms with Crippen LogP contribution < -0.4 is 10.5 Å². The summed E-state index contributed by atoms with van der Waals surface area (Å²) in [4.78, 5) is 3.85. The fourth-order valence-corrected chi connectivity index (χ4v) is 1.99. The van der Waals surface area contributed by atoms with Crippen molar-refractivity contribution < 1.29 is 8.42 Å². The summed E-state index contributed by atoms with van der Waals surface area (Å²) in [5.74, 6) is 0.365. The van der Waals surface area contributed by atoms with Gasteiger partial charge in [0.2, 0.25) is 10.0 Å². The molecule has 78 valence electrons. The lowest BCUT2D eigenvalue weighted by Gasteiger charge is -2.05. The van der Waals surface area contributed by atoms with Crippen LogP contribution in [0.2, 0.25) is 0 Å². The molecule has 1 rings (SSSR count). The highest BCUT2D eigenvalue weighted by atomic mass is 32.2. The standard InChI is InChI=1S/C8H13N3O2S/c9-5-3-7-14(12,13)11-8-4-1-2-6-10-8/h1-2,4,6H,3,5,7,9H2,(H,10,11). The van der Waals surface area contributed by atoms with E-state index in [4.69, 9.17) is 5.73 Å². The highest BCUT2D eigenvalue weighted by Crippen LogP contribution is 2.03. The van der Waals surface area contributed by atoms with E-state index in [9.17, 15) is 8.42 Å². The summed E-state index contributed by atoms with van der Waals surface area (Å²) in [5.41, 5.74) is 5.22. The fraction of sp³-hybridized carbons (Fsp3) is 0.375. The summed E-state index contributed by atoms with van der Waals surface area (Å²) in [7, 11) is -3.29. The Balaban J connectivity index is 2.60. The van der Waals surface area contributed by atoms with E-state index in [0.29, 0.717) is 18.8 Å². The topological polar surface area (TPSA) is 85.1 Å². The average Bonchev–Trinajstić information content (AvgIpc) is 2.16. The molecule has 1 aromatic heterocycles. The molecule has 0 spiro atoms. The molecule has 0 aliphatic heterocycles. The van der Waals surface area contributed by atoms with Crippen LogP contribution in [0.3, 0.4) is 0 Å². The molecule has 6 heteroatoms. The number of anilines is 1. The second-order valence-corrected chi connectivity index (χ2v) is 4.62. The molecule has 0 fully saturated rings. The van der Waals surface area contributed by atoms with Crippen LogP contribution in [0.1, 0.15) is 6.42 Å². The van der Waals surface area contributed by atoms with Gasteiger partial charge in [-0.2, -0.15) is 0 Å². The minimum absolute atomic E-state index is 0.0279. The lowest BCUT2D eigenvalue weighted by atomic mass is 10.5. The van der Waals surface area contributed by atoms with E-state index in [2.05, 4.69) is 9.71 Å². The zero-order valence-electron chi connectivity index (χ0n) is 7.68. The third-order valence-electron chi connectivity index (χ3n) is 1.54. The molecule has 1 aromatic rings. The van der Waals surface area contributed by atoms with Crippen LogP contribution in [0, 0.1) is 0 Å². The van der Waals surface area contributed by atoms with Gasteiger partial charge in [-0.25, -0.2) is 13.4 Å². The molecular weight excluding hydrogens is 202 g/mol. The molecular formula is C8H13N3O2S. The van der Waals surface area contributed by atoms with Gasteiger partial charge in [0.15, 0.2) is 0 Å². The number of rotatable bonds is 5. The van der Waals surface area contributed by atoms with E-state index in [-0.39, 0.29) is 5.75 Å². The van der Waals surface area contributed by atoms with Gasteiger partial charge in [0.1, 0.15) is 5.82 Å². The van der Waals surface area contributed by atoms with Crippen LogP contribution in [0.4, 0.5) is 5.82 Å². The summed E-state index contributed by atoms with van der Waals surface area (Å²) in [6.45, 7) is 0.364. The molecule has 1 heterocycles. The Morgan fingerprint density at radius 3 is 2.79 bits per heavy atom. The van der Waals surface area contributed by atoms with Crippen molar-refractivity contribution in [2.75, 3.05) is 17.0 Å². The predicted octanol–water partition coefficient (Wildman–Crippen LogP) is 0.172. The molecule has 0 saturated heterocycles. The lowest BCUT2D eigenvalue weighted by Crippen LogP contribution is -2.19. The molecule has 0 amide bonds. The lowest BCUT2D eigenvalue weighted by molar-refractivity contribution is 0.598. The Kier molecular flexibility index (Phi) is 3.84. The number of nitrogens with zero attached hydrogens (tertiary/aromatic N) is 1.